The average Bonchev–Trinajstić information content (AvgIpc) is 2.96. The molecule has 1 aromatic heterocycles. The SMILES string of the molecule is CC(C)n1nccc1NC(=O)CN(C)Cc1ccc(OC(F)F)cc1. The Morgan fingerprint density at radius 3 is 2.56 bits per heavy atom. The third kappa shape index (κ3) is 5.82. The molecule has 0 radical (unpaired) electrons. The Bertz CT molecular complexity index is 686. The van der Waals surface area contributed by atoms with E-state index in [2.05, 4.69) is 15.2 Å². The van der Waals surface area contributed by atoms with Gasteiger partial charge in [0.05, 0.1) is 12.7 Å². The number of aromatic nitrogens is 2. The summed E-state index contributed by atoms with van der Waals surface area (Å²) in [5, 5.41) is 7.00. The smallest absolute Gasteiger partial charge is 0.387 e. The molecule has 0 aliphatic heterocycles. The van der Waals surface area contributed by atoms with E-state index in [1.807, 2.05) is 25.8 Å². The third-order valence-corrected chi connectivity index (χ3v) is 3.44. The highest BCUT2D eigenvalue weighted by Gasteiger charge is 2.12. The van der Waals surface area contributed by atoms with E-state index in [9.17, 15) is 13.6 Å². The van der Waals surface area contributed by atoms with E-state index in [0.717, 1.165) is 5.56 Å². The van der Waals surface area contributed by atoms with E-state index in [1.54, 1.807) is 29.1 Å². The fourth-order valence-electron chi connectivity index (χ4n) is 2.40. The molecule has 2 rings (SSSR count). The summed E-state index contributed by atoms with van der Waals surface area (Å²) in [4.78, 5) is 14.0. The second-order valence-electron chi connectivity index (χ2n) is 6.00. The van der Waals surface area contributed by atoms with Crippen LogP contribution in [0.5, 0.6) is 5.75 Å². The first kappa shape index (κ1) is 18.9. The van der Waals surface area contributed by atoms with E-state index < -0.39 is 6.61 Å². The van der Waals surface area contributed by atoms with Crippen LogP contribution in [0.1, 0.15) is 25.5 Å². The number of halogens is 2. The maximum Gasteiger partial charge on any atom is 0.387 e. The molecule has 8 heteroatoms. The number of nitrogens with zero attached hydrogens (tertiary/aromatic N) is 3. The van der Waals surface area contributed by atoms with Crippen molar-refractivity contribution in [1.29, 1.82) is 0 Å². The van der Waals surface area contributed by atoms with Crippen LogP contribution in [0.4, 0.5) is 14.6 Å². The van der Waals surface area contributed by atoms with Crippen molar-refractivity contribution in [3.05, 3.63) is 42.1 Å². The maximum absolute atomic E-state index is 12.2. The minimum atomic E-state index is -2.84. The van der Waals surface area contributed by atoms with Gasteiger partial charge in [-0.15, -0.1) is 0 Å². The number of carbonyl (C=O) groups is 1. The van der Waals surface area contributed by atoms with Crippen LogP contribution in [0.25, 0.3) is 0 Å². The number of carbonyl (C=O) groups excluding carboxylic acids is 1. The van der Waals surface area contributed by atoms with Crippen molar-refractivity contribution in [2.45, 2.75) is 33.0 Å². The Morgan fingerprint density at radius 1 is 1.28 bits per heavy atom. The molecule has 136 valence electrons. The standard InChI is InChI=1S/C17H22F2N4O2/c1-12(2)23-15(8-9-20-23)21-16(24)11-22(3)10-13-4-6-14(7-5-13)25-17(18)19/h4-9,12,17H,10-11H2,1-3H3,(H,21,24). The molecular formula is C17H22F2N4O2. The molecule has 1 N–H and O–H groups in total. The Hall–Kier alpha value is -2.48. The van der Waals surface area contributed by atoms with E-state index in [1.165, 1.54) is 12.1 Å². The lowest BCUT2D eigenvalue weighted by atomic mass is 10.2. The molecule has 0 saturated carbocycles. The normalized spacial score (nSPS) is 11.4. The minimum Gasteiger partial charge on any atom is -0.435 e. The molecule has 6 nitrogen and oxygen atoms in total. The van der Waals surface area contributed by atoms with Gasteiger partial charge in [-0.05, 0) is 38.6 Å². The summed E-state index contributed by atoms with van der Waals surface area (Å²) in [5.41, 5.74) is 0.893. The predicted octanol–water partition coefficient (Wildman–Crippen LogP) is 3.14. The largest absolute Gasteiger partial charge is 0.435 e. The highest BCUT2D eigenvalue weighted by molar-refractivity contribution is 5.91. The summed E-state index contributed by atoms with van der Waals surface area (Å²) < 4.78 is 30.3. The zero-order valence-corrected chi connectivity index (χ0v) is 14.4. The zero-order valence-electron chi connectivity index (χ0n) is 14.4. The molecule has 1 aromatic carbocycles. The predicted molar refractivity (Wildman–Crippen MR) is 90.6 cm³/mol. The van der Waals surface area contributed by atoms with E-state index in [0.29, 0.717) is 12.4 Å². The molecule has 0 bridgehead atoms. The fraction of sp³-hybridized carbons (Fsp3) is 0.412. The molecule has 2 aromatic rings. The minimum absolute atomic E-state index is 0.112. The molecular weight excluding hydrogens is 330 g/mol. The van der Waals surface area contributed by atoms with Crippen molar-refractivity contribution in [1.82, 2.24) is 14.7 Å². The van der Waals surface area contributed by atoms with Crippen LogP contribution in [0, 0.1) is 0 Å². The number of ether oxygens (including phenoxy) is 1. The third-order valence-electron chi connectivity index (χ3n) is 3.44. The monoisotopic (exact) mass is 352 g/mol. The van der Waals surface area contributed by atoms with Crippen LogP contribution in [-0.2, 0) is 11.3 Å². The van der Waals surface area contributed by atoms with Gasteiger partial charge in [-0.1, -0.05) is 12.1 Å². The summed E-state index contributed by atoms with van der Waals surface area (Å²) in [6, 6.07) is 8.25. The zero-order chi connectivity index (χ0) is 18.4. The highest BCUT2D eigenvalue weighted by Crippen LogP contribution is 2.16. The van der Waals surface area contributed by atoms with Gasteiger partial charge in [0.25, 0.3) is 0 Å². The maximum atomic E-state index is 12.2. The highest BCUT2D eigenvalue weighted by atomic mass is 19.3. The fourth-order valence-corrected chi connectivity index (χ4v) is 2.40. The molecule has 25 heavy (non-hydrogen) atoms. The van der Waals surface area contributed by atoms with Gasteiger partial charge in [0, 0.05) is 18.7 Å². The van der Waals surface area contributed by atoms with Crippen LogP contribution >= 0.6 is 0 Å². The number of amides is 1. The van der Waals surface area contributed by atoms with Crippen LogP contribution in [0.15, 0.2) is 36.5 Å². The number of hydrogen-bond donors (Lipinski definition) is 1. The summed E-state index contributed by atoms with van der Waals surface area (Å²) in [5.74, 6) is 0.616. The topological polar surface area (TPSA) is 59.4 Å². The molecule has 0 saturated heterocycles. The van der Waals surface area contributed by atoms with Crippen LogP contribution < -0.4 is 10.1 Å². The number of nitrogens with one attached hydrogen (secondary N) is 1. The van der Waals surface area contributed by atoms with Gasteiger partial charge in [-0.3, -0.25) is 9.69 Å². The van der Waals surface area contributed by atoms with E-state index in [4.69, 9.17) is 0 Å². The number of benzene rings is 1. The lowest BCUT2D eigenvalue weighted by molar-refractivity contribution is -0.117. The quantitative estimate of drug-likeness (QED) is 0.793. The van der Waals surface area contributed by atoms with Crippen molar-refractivity contribution >= 4 is 11.7 Å². The summed E-state index contributed by atoms with van der Waals surface area (Å²) in [6.07, 6.45) is 1.64. The summed E-state index contributed by atoms with van der Waals surface area (Å²) >= 11 is 0. The van der Waals surface area contributed by atoms with Crippen molar-refractivity contribution in [3.63, 3.8) is 0 Å². The molecule has 0 fully saturated rings. The van der Waals surface area contributed by atoms with Gasteiger partial charge >= 0.3 is 6.61 Å². The van der Waals surface area contributed by atoms with E-state index in [-0.39, 0.29) is 24.2 Å². The number of alkyl halides is 2. The molecule has 0 atom stereocenters. The van der Waals surface area contributed by atoms with Crippen molar-refractivity contribution in [2.24, 2.45) is 0 Å². The van der Waals surface area contributed by atoms with Gasteiger partial charge < -0.3 is 10.1 Å². The second kappa shape index (κ2) is 8.57. The van der Waals surface area contributed by atoms with Crippen molar-refractivity contribution < 1.29 is 18.3 Å². The number of rotatable bonds is 8. The summed E-state index contributed by atoms with van der Waals surface area (Å²) in [7, 11) is 1.81. The van der Waals surface area contributed by atoms with Crippen LogP contribution in [-0.4, -0.2) is 40.8 Å². The Balaban J connectivity index is 1.85. The first-order valence-corrected chi connectivity index (χ1v) is 7.91. The number of likely N-dealkylation sites (N-methyl/N-ethyl adjacent to an activating group) is 1. The molecule has 1 amide bonds. The first-order valence-electron chi connectivity index (χ1n) is 7.91. The number of hydrogen-bond acceptors (Lipinski definition) is 4. The van der Waals surface area contributed by atoms with Gasteiger partial charge in [0.15, 0.2) is 0 Å². The first-order chi connectivity index (χ1) is 11.8. The van der Waals surface area contributed by atoms with Gasteiger partial charge in [-0.25, -0.2) is 4.68 Å². The Labute approximate surface area is 145 Å². The van der Waals surface area contributed by atoms with Crippen LogP contribution in [0.3, 0.4) is 0 Å². The molecule has 0 spiro atoms. The van der Waals surface area contributed by atoms with Gasteiger partial charge in [0.2, 0.25) is 5.91 Å². The van der Waals surface area contributed by atoms with Crippen molar-refractivity contribution in [3.8, 4) is 5.75 Å². The van der Waals surface area contributed by atoms with Gasteiger partial charge in [-0.2, -0.15) is 13.9 Å². The molecule has 0 aliphatic rings. The Morgan fingerprint density at radius 2 is 1.96 bits per heavy atom. The van der Waals surface area contributed by atoms with Gasteiger partial charge in [0.1, 0.15) is 11.6 Å². The number of anilines is 1. The summed E-state index contributed by atoms with van der Waals surface area (Å²) in [6.45, 7) is 1.83. The Kier molecular flexibility index (Phi) is 6.46. The van der Waals surface area contributed by atoms with Crippen molar-refractivity contribution in [2.75, 3.05) is 18.9 Å². The van der Waals surface area contributed by atoms with Crippen LogP contribution in [0.2, 0.25) is 0 Å². The second-order valence-corrected chi connectivity index (χ2v) is 6.00. The van der Waals surface area contributed by atoms with E-state index >= 15 is 0 Å². The molecule has 0 aliphatic carbocycles. The molecule has 1 heterocycles. The average molecular weight is 352 g/mol. The molecule has 0 unspecified atom stereocenters. The lowest BCUT2D eigenvalue weighted by Crippen LogP contribution is -2.30. The lowest BCUT2D eigenvalue weighted by Gasteiger charge is -2.17.